The van der Waals surface area contributed by atoms with Gasteiger partial charge in [-0.2, -0.15) is 4.98 Å². The number of hydrogen-bond acceptors (Lipinski definition) is 5. The molecule has 1 aromatic heterocycles. The van der Waals surface area contributed by atoms with E-state index in [-0.39, 0.29) is 0 Å². The second-order valence-corrected chi connectivity index (χ2v) is 4.62. The molecule has 0 fully saturated rings. The fourth-order valence-corrected chi connectivity index (χ4v) is 1.71. The average Bonchev–Trinajstić information content (AvgIpc) is 2.53. The molecule has 0 aliphatic rings. The molecule has 0 unspecified atom stereocenters. The standard InChI is InChI=1S/C16H21N3O2/c1-3-9-17-16-18-12-13(2)15(19-16)21-11-10-20-14-7-5-4-6-8-14/h4-8,12H,3,9-11H2,1-2H3,(H,17,18,19). The van der Waals surface area contributed by atoms with E-state index in [0.29, 0.717) is 25.0 Å². The van der Waals surface area contributed by atoms with Gasteiger partial charge in [0.2, 0.25) is 11.8 Å². The van der Waals surface area contributed by atoms with Crippen molar-refractivity contribution in [2.75, 3.05) is 25.1 Å². The van der Waals surface area contributed by atoms with Gasteiger partial charge in [-0.15, -0.1) is 0 Å². The Hall–Kier alpha value is -2.30. The number of nitrogens with one attached hydrogen (secondary N) is 1. The first-order valence-electron chi connectivity index (χ1n) is 7.17. The van der Waals surface area contributed by atoms with Crippen LogP contribution in [0.15, 0.2) is 36.5 Å². The molecule has 0 aliphatic heterocycles. The molecule has 2 aromatic rings. The number of hydrogen-bond donors (Lipinski definition) is 1. The number of para-hydroxylation sites is 1. The Balaban J connectivity index is 1.82. The summed E-state index contributed by atoms with van der Waals surface area (Å²) < 4.78 is 11.2. The number of aromatic nitrogens is 2. The molecule has 0 amide bonds. The molecule has 5 nitrogen and oxygen atoms in total. The lowest BCUT2D eigenvalue weighted by Crippen LogP contribution is -2.12. The van der Waals surface area contributed by atoms with Gasteiger partial charge < -0.3 is 14.8 Å². The van der Waals surface area contributed by atoms with Crippen LogP contribution in [0.3, 0.4) is 0 Å². The van der Waals surface area contributed by atoms with Gasteiger partial charge in [-0.1, -0.05) is 25.1 Å². The van der Waals surface area contributed by atoms with Gasteiger partial charge in [0.05, 0.1) is 0 Å². The summed E-state index contributed by atoms with van der Waals surface area (Å²) in [7, 11) is 0. The average molecular weight is 287 g/mol. The molecule has 0 aliphatic carbocycles. The number of anilines is 1. The van der Waals surface area contributed by atoms with Gasteiger partial charge in [-0.05, 0) is 25.5 Å². The third-order valence-corrected chi connectivity index (χ3v) is 2.79. The smallest absolute Gasteiger partial charge is 0.225 e. The summed E-state index contributed by atoms with van der Waals surface area (Å²) in [5.74, 6) is 2.03. The van der Waals surface area contributed by atoms with Crippen molar-refractivity contribution in [3.05, 3.63) is 42.1 Å². The molecule has 21 heavy (non-hydrogen) atoms. The SMILES string of the molecule is CCCNc1ncc(C)c(OCCOc2ccccc2)n1. The molecule has 5 heteroatoms. The highest BCUT2D eigenvalue weighted by Crippen LogP contribution is 2.15. The molecule has 0 saturated heterocycles. The molecule has 1 aromatic carbocycles. The Morgan fingerprint density at radius 1 is 1.10 bits per heavy atom. The fourth-order valence-electron chi connectivity index (χ4n) is 1.71. The Labute approximate surface area is 125 Å². The van der Waals surface area contributed by atoms with E-state index in [1.807, 2.05) is 37.3 Å². The number of rotatable bonds is 8. The summed E-state index contributed by atoms with van der Waals surface area (Å²) in [6.45, 7) is 5.79. The summed E-state index contributed by atoms with van der Waals surface area (Å²) in [4.78, 5) is 8.57. The zero-order valence-corrected chi connectivity index (χ0v) is 12.5. The number of ether oxygens (including phenoxy) is 2. The van der Waals surface area contributed by atoms with Gasteiger partial charge in [0.25, 0.3) is 0 Å². The maximum atomic E-state index is 5.66. The van der Waals surface area contributed by atoms with Crippen LogP contribution in [-0.4, -0.2) is 29.7 Å². The van der Waals surface area contributed by atoms with Crippen molar-refractivity contribution < 1.29 is 9.47 Å². The lowest BCUT2D eigenvalue weighted by atomic mass is 10.3. The van der Waals surface area contributed by atoms with Crippen molar-refractivity contribution >= 4 is 5.95 Å². The minimum Gasteiger partial charge on any atom is -0.490 e. The van der Waals surface area contributed by atoms with E-state index >= 15 is 0 Å². The highest BCUT2D eigenvalue weighted by Gasteiger charge is 2.04. The predicted molar refractivity (Wildman–Crippen MR) is 83.0 cm³/mol. The van der Waals surface area contributed by atoms with Crippen LogP contribution in [0.5, 0.6) is 11.6 Å². The van der Waals surface area contributed by atoms with Crippen molar-refractivity contribution in [2.24, 2.45) is 0 Å². The quantitative estimate of drug-likeness (QED) is 0.756. The monoisotopic (exact) mass is 287 g/mol. The van der Waals surface area contributed by atoms with Gasteiger partial charge in [-0.3, -0.25) is 0 Å². The van der Waals surface area contributed by atoms with Crippen LogP contribution >= 0.6 is 0 Å². The largest absolute Gasteiger partial charge is 0.490 e. The maximum Gasteiger partial charge on any atom is 0.225 e. The number of benzene rings is 1. The number of nitrogens with zero attached hydrogens (tertiary/aromatic N) is 2. The zero-order valence-electron chi connectivity index (χ0n) is 12.5. The zero-order chi connectivity index (χ0) is 14.9. The van der Waals surface area contributed by atoms with Crippen LogP contribution in [0.4, 0.5) is 5.95 Å². The van der Waals surface area contributed by atoms with Crippen LogP contribution in [0, 0.1) is 6.92 Å². The van der Waals surface area contributed by atoms with E-state index in [0.717, 1.165) is 24.3 Å². The molecular weight excluding hydrogens is 266 g/mol. The molecule has 0 atom stereocenters. The van der Waals surface area contributed by atoms with E-state index in [9.17, 15) is 0 Å². The first-order chi connectivity index (χ1) is 10.3. The minimum absolute atomic E-state index is 0.444. The van der Waals surface area contributed by atoms with E-state index in [1.54, 1.807) is 6.20 Å². The van der Waals surface area contributed by atoms with Crippen LogP contribution in [0.2, 0.25) is 0 Å². The van der Waals surface area contributed by atoms with Gasteiger partial charge in [0.15, 0.2) is 0 Å². The van der Waals surface area contributed by atoms with Crippen LogP contribution in [0.25, 0.3) is 0 Å². The van der Waals surface area contributed by atoms with E-state index in [2.05, 4.69) is 22.2 Å². The molecule has 0 radical (unpaired) electrons. The lowest BCUT2D eigenvalue weighted by Gasteiger charge is -2.10. The van der Waals surface area contributed by atoms with Gasteiger partial charge >= 0.3 is 0 Å². The summed E-state index contributed by atoms with van der Waals surface area (Å²) in [6, 6.07) is 9.68. The van der Waals surface area contributed by atoms with Gasteiger partial charge in [-0.25, -0.2) is 4.98 Å². The van der Waals surface area contributed by atoms with Crippen LogP contribution in [-0.2, 0) is 0 Å². The Morgan fingerprint density at radius 2 is 1.86 bits per heavy atom. The molecule has 1 heterocycles. The normalized spacial score (nSPS) is 10.2. The summed E-state index contributed by atoms with van der Waals surface area (Å²) in [6.07, 6.45) is 2.79. The third kappa shape index (κ3) is 4.95. The second-order valence-electron chi connectivity index (χ2n) is 4.62. The minimum atomic E-state index is 0.444. The fraction of sp³-hybridized carbons (Fsp3) is 0.375. The third-order valence-electron chi connectivity index (χ3n) is 2.79. The van der Waals surface area contributed by atoms with Gasteiger partial charge in [0, 0.05) is 18.3 Å². The van der Waals surface area contributed by atoms with Crippen molar-refractivity contribution in [1.29, 1.82) is 0 Å². The summed E-state index contributed by atoms with van der Waals surface area (Å²) in [5, 5.41) is 3.14. The molecule has 0 saturated carbocycles. The first-order valence-corrected chi connectivity index (χ1v) is 7.17. The van der Waals surface area contributed by atoms with Crippen molar-refractivity contribution in [2.45, 2.75) is 20.3 Å². The Bertz CT molecular complexity index is 546. The van der Waals surface area contributed by atoms with Crippen molar-refractivity contribution in [3.63, 3.8) is 0 Å². The van der Waals surface area contributed by atoms with E-state index in [4.69, 9.17) is 9.47 Å². The number of aryl methyl sites for hydroxylation is 1. The van der Waals surface area contributed by atoms with E-state index in [1.165, 1.54) is 0 Å². The van der Waals surface area contributed by atoms with E-state index < -0.39 is 0 Å². The topological polar surface area (TPSA) is 56.3 Å². The highest BCUT2D eigenvalue weighted by atomic mass is 16.5. The highest BCUT2D eigenvalue weighted by molar-refractivity contribution is 5.32. The Kier molecular flexibility index (Phi) is 5.82. The predicted octanol–water partition coefficient (Wildman–Crippen LogP) is 3.06. The molecule has 1 N–H and O–H groups in total. The maximum absolute atomic E-state index is 5.66. The van der Waals surface area contributed by atoms with Crippen LogP contribution < -0.4 is 14.8 Å². The molecule has 0 bridgehead atoms. The first kappa shape index (κ1) is 15.1. The second kappa shape index (κ2) is 8.09. The molecular formula is C16H21N3O2. The molecule has 112 valence electrons. The molecule has 2 rings (SSSR count). The van der Waals surface area contributed by atoms with Gasteiger partial charge in [0.1, 0.15) is 19.0 Å². The van der Waals surface area contributed by atoms with Crippen molar-refractivity contribution in [3.8, 4) is 11.6 Å². The Morgan fingerprint density at radius 3 is 2.62 bits per heavy atom. The summed E-state index contributed by atoms with van der Waals surface area (Å²) >= 11 is 0. The summed E-state index contributed by atoms with van der Waals surface area (Å²) in [5.41, 5.74) is 0.914. The molecule has 0 spiro atoms. The van der Waals surface area contributed by atoms with Crippen LogP contribution in [0.1, 0.15) is 18.9 Å². The van der Waals surface area contributed by atoms with Crippen molar-refractivity contribution in [1.82, 2.24) is 9.97 Å². The lowest BCUT2D eigenvalue weighted by molar-refractivity contribution is 0.211.